The summed E-state index contributed by atoms with van der Waals surface area (Å²) in [6.07, 6.45) is 3.44. The first-order chi connectivity index (χ1) is 15.2. The maximum Gasteiger partial charge on any atom is 0.234 e. The number of nitrogens with one attached hydrogen (secondary N) is 1. The zero-order chi connectivity index (χ0) is 21.5. The summed E-state index contributed by atoms with van der Waals surface area (Å²) in [4.78, 5) is 16.4. The molecule has 0 radical (unpaired) electrons. The van der Waals surface area contributed by atoms with Crippen molar-refractivity contribution < 1.29 is 9.53 Å². The lowest BCUT2D eigenvalue weighted by molar-refractivity contribution is -0.113. The number of ether oxygens (including phenoxy) is 1. The van der Waals surface area contributed by atoms with Gasteiger partial charge in [-0.2, -0.15) is 0 Å². The Balaban J connectivity index is 1.28. The number of hydrogen-bond acceptors (Lipinski definition) is 6. The molecule has 0 saturated carbocycles. The molecule has 156 valence electrons. The van der Waals surface area contributed by atoms with Gasteiger partial charge in [0.15, 0.2) is 11.0 Å². The van der Waals surface area contributed by atoms with Crippen LogP contribution < -0.4 is 10.1 Å². The summed E-state index contributed by atoms with van der Waals surface area (Å²) in [6.45, 7) is 0.502. The van der Waals surface area contributed by atoms with Gasteiger partial charge in [0.25, 0.3) is 0 Å². The number of carbonyl (C=O) groups excluding carboxylic acids is 1. The van der Waals surface area contributed by atoms with Crippen LogP contribution in [0.2, 0.25) is 0 Å². The third kappa shape index (κ3) is 5.49. The monoisotopic (exact) mass is 431 g/mol. The number of thioether (sulfide) groups is 1. The number of amides is 1. The van der Waals surface area contributed by atoms with Gasteiger partial charge in [-0.1, -0.05) is 42.1 Å². The predicted molar refractivity (Wildman–Crippen MR) is 121 cm³/mol. The molecule has 2 aromatic heterocycles. The van der Waals surface area contributed by atoms with Gasteiger partial charge in [0.1, 0.15) is 12.4 Å². The van der Waals surface area contributed by atoms with E-state index in [1.807, 2.05) is 78.3 Å². The Morgan fingerprint density at radius 3 is 2.58 bits per heavy atom. The van der Waals surface area contributed by atoms with E-state index in [1.54, 1.807) is 12.4 Å². The third-order valence-electron chi connectivity index (χ3n) is 4.47. The number of aromatic nitrogens is 4. The number of benzene rings is 2. The Hall–Kier alpha value is -3.65. The van der Waals surface area contributed by atoms with E-state index in [2.05, 4.69) is 20.5 Å². The molecule has 2 heterocycles. The smallest absolute Gasteiger partial charge is 0.234 e. The first-order valence-corrected chi connectivity index (χ1v) is 10.7. The molecule has 0 fully saturated rings. The zero-order valence-corrected chi connectivity index (χ0v) is 17.7. The maximum absolute atomic E-state index is 12.3. The summed E-state index contributed by atoms with van der Waals surface area (Å²) >= 11 is 1.33. The molecule has 0 aliphatic carbocycles. The summed E-state index contributed by atoms with van der Waals surface area (Å²) in [5.74, 6) is 1.57. The van der Waals surface area contributed by atoms with Gasteiger partial charge in [-0.15, -0.1) is 10.2 Å². The highest BCUT2D eigenvalue weighted by molar-refractivity contribution is 7.99. The minimum Gasteiger partial charge on any atom is -0.489 e. The number of carbonyl (C=O) groups is 1. The number of pyridine rings is 1. The van der Waals surface area contributed by atoms with E-state index in [0.717, 1.165) is 16.9 Å². The molecule has 8 heteroatoms. The van der Waals surface area contributed by atoms with Gasteiger partial charge < -0.3 is 14.6 Å². The lowest BCUT2D eigenvalue weighted by Gasteiger charge is -2.08. The van der Waals surface area contributed by atoms with E-state index in [1.165, 1.54) is 11.8 Å². The fourth-order valence-corrected chi connectivity index (χ4v) is 3.60. The quantitative estimate of drug-likeness (QED) is 0.421. The predicted octanol–water partition coefficient (Wildman–Crippen LogP) is 4.19. The lowest BCUT2D eigenvalue weighted by atomic mass is 10.2. The fraction of sp³-hybridized carbons (Fsp3) is 0.130. The van der Waals surface area contributed by atoms with Crippen LogP contribution in [0, 0.1) is 0 Å². The third-order valence-corrected chi connectivity index (χ3v) is 5.49. The summed E-state index contributed by atoms with van der Waals surface area (Å²) in [5, 5.41) is 11.9. The maximum atomic E-state index is 12.3. The van der Waals surface area contributed by atoms with Crippen molar-refractivity contribution in [2.24, 2.45) is 7.05 Å². The fourth-order valence-electron chi connectivity index (χ4n) is 2.89. The largest absolute Gasteiger partial charge is 0.489 e. The zero-order valence-electron chi connectivity index (χ0n) is 16.9. The van der Waals surface area contributed by atoms with E-state index >= 15 is 0 Å². The van der Waals surface area contributed by atoms with Gasteiger partial charge in [-0.25, -0.2) is 0 Å². The molecule has 2 aromatic carbocycles. The highest BCUT2D eigenvalue weighted by Crippen LogP contribution is 2.22. The first kappa shape index (κ1) is 20.6. The van der Waals surface area contributed by atoms with Crippen LogP contribution in [0.4, 0.5) is 5.69 Å². The van der Waals surface area contributed by atoms with Crippen molar-refractivity contribution in [2.45, 2.75) is 11.8 Å². The minimum atomic E-state index is -0.117. The molecule has 0 bridgehead atoms. The number of rotatable bonds is 8. The van der Waals surface area contributed by atoms with Gasteiger partial charge in [0.05, 0.1) is 5.75 Å². The molecule has 0 aliphatic rings. The SMILES string of the molecule is Cn1c(SCC(=O)Nc2ccc(OCc3ccccc3)cc2)nnc1-c1cccnc1. The molecule has 31 heavy (non-hydrogen) atoms. The van der Waals surface area contributed by atoms with Crippen LogP contribution in [0.3, 0.4) is 0 Å². The van der Waals surface area contributed by atoms with E-state index in [4.69, 9.17) is 4.74 Å². The van der Waals surface area contributed by atoms with Crippen LogP contribution in [0.5, 0.6) is 5.75 Å². The molecule has 0 saturated heterocycles. The average Bonchev–Trinajstić information content (AvgIpc) is 3.19. The summed E-state index contributed by atoms with van der Waals surface area (Å²) in [5.41, 5.74) is 2.70. The second kappa shape index (κ2) is 9.90. The molecule has 0 atom stereocenters. The van der Waals surface area contributed by atoms with Crippen molar-refractivity contribution in [1.29, 1.82) is 0 Å². The van der Waals surface area contributed by atoms with Gasteiger partial charge in [0.2, 0.25) is 5.91 Å². The standard InChI is InChI=1S/C23H21N5O2S/c1-28-22(18-8-5-13-24-14-18)26-27-23(28)31-16-21(29)25-19-9-11-20(12-10-19)30-15-17-6-3-2-4-7-17/h2-14H,15-16H2,1H3,(H,25,29). The number of anilines is 1. The average molecular weight is 432 g/mol. The molecule has 1 N–H and O–H groups in total. The molecule has 4 rings (SSSR count). The van der Waals surface area contributed by atoms with Crippen molar-refractivity contribution in [2.75, 3.05) is 11.1 Å². The van der Waals surface area contributed by atoms with Crippen LogP contribution in [0.1, 0.15) is 5.56 Å². The highest BCUT2D eigenvalue weighted by Gasteiger charge is 2.13. The van der Waals surface area contributed by atoms with Crippen molar-refractivity contribution >= 4 is 23.4 Å². The minimum absolute atomic E-state index is 0.117. The molecule has 0 spiro atoms. The second-order valence-corrected chi connectivity index (χ2v) is 7.68. The Kier molecular flexibility index (Phi) is 6.59. The summed E-state index contributed by atoms with van der Waals surface area (Å²) < 4.78 is 7.63. The number of hydrogen-bond donors (Lipinski definition) is 1. The molecule has 4 aromatic rings. The molecule has 7 nitrogen and oxygen atoms in total. The lowest BCUT2D eigenvalue weighted by Crippen LogP contribution is -2.14. The summed E-state index contributed by atoms with van der Waals surface area (Å²) in [7, 11) is 1.87. The van der Waals surface area contributed by atoms with E-state index in [9.17, 15) is 4.79 Å². The molecule has 0 unspecified atom stereocenters. The van der Waals surface area contributed by atoms with Crippen molar-refractivity contribution in [3.63, 3.8) is 0 Å². The Bertz CT molecular complexity index is 1130. The molecule has 1 amide bonds. The Morgan fingerprint density at radius 2 is 1.84 bits per heavy atom. The van der Waals surface area contributed by atoms with Gasteiger partial charge in [-0.3, -0.25) is 9.78 Å². The molecular weight excluding hydrogens is 410 g/mol. The van der Waals surface area contributed by atoms with Crippen LogP contribution in [0.25, 0.3) is 11.4 Å². The molecule has 0 aliphatic heterocycles. The van der Waals surface area contributed by atoms with Crippen molar-refractivity contribution in [1.82, 2.24) is 19.7 Å². The highest BCUT2D eigenvalue weighted by atomic mass is 32.2. The topological polar surface area (TPSA) is 81.9 Å². The van der Waals surface area contributed by atoms with Crippen molar-refractivity contribution in [3.8, 4) is 17.1 Å². The van der Waals surface area contributed by atoms with Gasteiger partial charge >= 0.3 is 0 Å². The van der Waals surface area contributed by atoms with Gasteiger partial charge in [-0.05, 0) is 42.0 Å². The Labute approximate surface area is 184 Å². The van der Waals surface area contributed by atoms with Crippen LogP contribution >= 0.6 is 11.8 Å². The van der Waals surface area contributed by atoms with E-state index < -0.39 is 0 Å². The van der Waals surface area contributed by atoms with Gasteiger partial charge in [0, 0.05) is 30.7 Å². The second-order valence-electron chi connectivity index (χ2n) is 6.74. The van der Waals surface area contributed by atoms with E-state index in [0.29, 0.717) is 23.3 Å². The summed E-state index contributed by atoms with van der Waals surface area (Å²) in [6, 6.07) is 21.1. The van der Waals surface area contributed by atoms with Crippen molar-refractivity contribution in [3.05, 3.63) is 84.7 Å². The molecular formula is C23H21N5O2S. The van der Waals surface area contributed by atoms with Crippen LogP contribution in [-0.2, 0) is 18.4 Å². The Morgan fingerprint density at radius 1 is 1.03 bits per heavy atom. The first-order valence-electron chi connectivity index (χ1n) is 9.68. The van der Waals surface area contributed by atoms with Crippen LogP contribution in [-0.4, -0.2) is 31.4 Å². The van der Waals surface area contributed by atoms with Crippen LogP contribution in [0.15, 0.2) is 84.3 Å². The number of nitrogens with zero attached hydrogens (tertiary/aromatic N) is 4. The normalized spacial score (nSPS) is 10.6. The van der Waals surface area contributed by atoms with E-state index in [-0.39, 0.29) is 11.7 Å².